The molecule has 24 heavy (non-hydrogen) atoms. The lowest BCUT2D eigenvalue weighted by Gasteiger charge is -2.36. The minimum atomic E-state index is -0.378. The number of esters is 2. The molecule has 3 rings (SSSR count). The van der Waals surface area contributed by atoms with Crippen LogP contribution in [0.5, 0.6) is 0 Å². The van der Waals surface area contributed by atoms with E-state index in [1.165, 1.54) is 6.42 Å². The van der Waals surface area contributed by atoms with Gasteiger partial charge in [0.1, 0.15) is 5.60 Å². The topological polar surface area (TPSA) is 52.6 Å². The van der Waals surface area contributed by atoms with Gasteiger partial charge in [-0.15, -0.1) is 0 Å². The third kappa shape index (κ3) is 3.34. The van der Waals surface area contributed by atoms with Crippen molar-refractivity contribution >= 4 is 11.9 Å². The third-order valence-corrected chi connectivity index (χ3v) is 7.27. The van der Waals surface area contributed by atoms with E-state index in [0.29, 0.717) is 23.7 Å². The first-order valence-corrected chi connectivity index (χ1v) is 9.84. The van der Waals surface area contributed by atoms with Crippen molar-refractivity contribution in [3.05, 3.63) is 0 Å². The first-order chi connectivity index (χ1) is 11.5. The lowest BCUT2D eigenvalue weighted by molar-refractivity contribution is -0.175. The molecule has 0 saturated heterocycles. The third-order valence-electron chi connectivity index (χ3n) is 7.27. The van der Waals surface area contributed by atoms with Gasteiger partial charge in [0.05, 0.1) is 5.92 Å². The molecule has 3 aliphatic carbocycles. The van der Waals surface area contributed by atoms with Gasteiger partial charge in [-0.1, -0.05) is 27.2 Å². The molecule has 0 aromatic carbocycles. The van der Waals surface area contributed by atoms with Crippen LogP contribution >= 0.6 is 0 Å². The maximum Gasteiger partial charge on any atom is 0.344 e. The Balaban J connectivity index is 1.47. The van der Waals surface area contributed by atoms with E-state index in [-0.39, 0.29) is 30.1 Å². The van der Waals surface area contributed by atoms with Gasteiger partial charge in [-0.2, -0.15) is 0 Å². The highest BCUT2D eigenvalue weighted by Gasteiger charge is 2.51. The molecule has 0 aromatic rings. The Hall–Kier alpha value is -1.06. The van der Waals surface area contributed by atoms with Crippen LogP contribution in [0.15, 0.2) is 0 Å². The summed E-state index contributed by atoms with van der Waals surface area (Å²) in [5.74, 6) is 1.81. The molecule has 0 radical (unpaired) electrons. The quantitative estimate of drug-likeness (QED) is 0.709. The molecule has 0 heterocycles. The molecule has 0 amide bonds. The Morgan fingerprint density at radius 1 is 1.04 bits per heavy atom. The van der Waals surface area contributed by atoms with Crippen molar-refractivity contribution in [2.45, 2.75) is 77.7 Å². The summed E-state index contributed by atoms with van der Waals surface area (Å²) < 4.78 is 11.1. The highest BCUT2D eigenvalue weighted by Crippen LogP contribution is 2.55. The average molecular weight is 336 g/mol. The molecule has 4 heteroatoms. The van der Waals surface area contributed by atoms with E-state index in [9.17, 15) is 9.59 Å². The van der Waals surface area contributed by atoms with Crippen molar-refractivity contribution in [2.75, 3.05) is 6.61 Å². The van der Waals surface area contributed by atoms with Crippen LogP contribution in [0, 0.1) is 29.6 Å². The summed E-state index contributed by atoms with van der Waals surface area (Å²) in [6.45, 7) is 6.39. The minimum absolute atomic E-state index is 0.0104. The Bertz CT molecular complexity index is 478. The van der Waals surface area contributed by atoms with Crippen LogP contribution in [-0.2, 0) is 19.1 Å². The van der Waals surface area contributed by atoms with E-state index in [0.717, 1.165) is 44.9 Å². The lowest BCUT2D eigenvalue weighted by atomic mass is 9.76. The molecule has 136 valence electrons. The second kappa shape index (κ2) is 7.05. The zero-order chi connectivity index (χ0) is 17.3. The summed E-state index contributed by atoms with van der Waals surface area (Å²) in [5.41, 5.74) is -0.321. The van der Waals surface area contributed by atoms with Crippen LogP contribution in [0.2, 0.25) is 0 Å². The van der Waals surface area contributed by atoms with Gasteiger partial charge in [-0.25, -0.2) is 4.79 Å². The molecule has 5 unspecified atom stereocenters. The van der Waals surface area contributed by atoms with Crippen molar-refractivity contribution in [2.24, 2.45) is 29.6 Å². The normalized spacial score (nSPS) is 37.2. The van der Waals surface area contributed by atoms with Crippen LogP contribution in [0.3, 0.4) is 0 Å². The van der Waals surface area contributed by atoms with Gasteiger partial charge in [0.25, 0.3) is 0 Å². The number of rotatable bonds is 5. The van der Waals surface area contributed by atoms with Gasteiger partial charge in [0.15, 0.2) is 6.61 Å². The summed E-state index contributed by atoms with van der Waals surface area (Å²) in [7, 11) is 0. The summed E-state index contributed by atoms with van der Waals surface area (Å²) in [4.78, 5) is 24.6. The fourth-order valence-corrected chi connectivity index (χ4v) is 5.44. The van der Waals surface area contributed by atoms with Gasteiger partial charge in [-0.3, -0.25) is 4.79 Å². The highest BCUT2D eigenvalue weighted by atomic mass is 16.6. The lowest BCUT2D eigenvalue weighted by Crippen LogP contribution is -2.38. The number of hydrogen-bond acceptors (Lipinski definition) is 4. The molecule has 3 aliphatic rings. The zero-order valence-electron chi connectivity index (χ0n) is 15.4. The van der Waals surface area contributed by atoms with E-state index in [2.05, 4.69) is 20.8 Å². The number of hydrogen-bond donors (Lipinski definition) is 0. The van der Waals surface area contributed by atoms with Crippen LogP contribution in [0.4, 0.5) is 0 Å². The van der Waals surface area contributed by atoms with Gasteiger partial charge in [-0.05, 0) is 68.6 Å². The minimum Gasteiger partial charge on any atom is -0.457 e. The van der Waals surface area contributed by atoms with Gasteiger partial charge in [0, 0.05) is 0 Å². The van der Waals surface area contributed by atoms with E-state index in [4.69, 9.17) is 9.47 Å². The van der Waals surface area contributed by atoms with Crippen LogP contribution in [0.25, 0.3) is 0 Å². The predicted octanol–water partition coefficient (Wildman–Crippen LogP) is 4.11. The Morgan fingerprint density at radius 2 is 1.75 bits per heavy atom. The molecule has 0 spiro atoms. The maximum absolute atomic E-state index is 12.4. The first-order valence-electron chi connectivity index (χ1n) is 9.84. The molecular weight excluding hydrogens is 304 g/mol. The van der Waals surface area contributed by atoms with Gasteiger partial charge < -0.3 is 9.47 Å². The molecule has 4 nitrogen and oxygen atoms in total. The average Bonchev–Trinajstić information content (AvgIpc) is 3.14. The number of carbonyl (C=O) groups is 2. The zero-order valence-corrected chi connectivity index (χ0v) is 15.4. The summed E-state index contributed by atoms with van der Waals surface area (Å²) >= 11 is 0. The fourth-order valence-electron chi connectivity index (χ4n) is 5.44. The second-order valence-electron chi connectivity index (χ2n) is 8.40. The van der Waals surface area contributed by atoms with Gasteiger partial charge in [0.2, 0.25) is 0 Å². The number of fused-ring (bicyclic) bond motifs is 2. The predicted molar refractivity (Wildman–Crippen MR) is 91.2 cm³/mol. The molecule has 0 aromatic heterocycles. The molecular formula is C20H32O4. The smallest absolute Gasteiger partial charge is 0.344 e. The Labute approximate surface area is 145 Å². The van der Waals surface area contributed by atoms with Crippen LogP contribution in [-0.4, -0.2) is 24.1 Å². The highest BCUT2D eigenvalue weighted by molar-refractivity contribution is 5.78. The summed E-state index contributed by atoms with van der Waals surface area (Å²) in [6, 6.07) is 0. The van der Waals surface area contributed by atoms with Crippen molar-refractivity contribution < 1.29 is 19.1 Å². The number of carbonyl (C=O) groups excluding carboxylic acids is 2. The van der Waals surface area contributed by atoms with Crippen molar-refractivity contribution in [3.8, 4) is 0 Å². The first kappa shape index (κ1) is 17.8. The molecule has 2 bridgehead atoms. The summed E-state index contributed by atoms with van der Waals surface area (Å²) in [6.07, 6.45) is 8.23. The molecule has 5 atom stereocenters. The maximum atomic E-state index is 12.4. The largest absolute Gasteiger partial charge is 0.457 e. The molecule has 0 N–H and O–H groups in total. The molecule has 3 saturated carbocycles. The molecule has 0 aliphatic heterocycles. The van der Waals surface area contributed by atoms with E-state index < -0.39 is 0 Å². The van der Waals surface area contributed by atoms with Crippen molar-refractivity contribution in [1.29, 1.82) is 0 Å². The van der Waals surface area contributed by atoms with Crippen molar-refractivity contribution in [1.82, 2.24) is 0 Å². The fraction of sp³-hybridized carbons (Fsp3) is 0.900. The Morgan fingerprint density at radius 3 is 2.33 bits per heavy atom. The van der Waals surface area contributed by atoms with Crippen LogP contribution < -0.4 is 0 Å². The Kier molecular flexibility index (Phi) is 5.22. The summed E-state index contributed by atoms with van der Waals surface area (Å²) in [5, 5.41) is 0. The SMILES string of the molecule is CCC1(OC(=O)COC(=O)C2CC3CC2C(C)C3C)CCCCC1. The number of ether oxygens (including phenoxy) is 2. The van der Waals surface area contributed by atoms with Gasteiger partial charge >= 0.3 is 11.9 Å². The second-order valence-corrected chi connectivity index (χ2v) is 8.40. The monoisotopic (exact) mass is 336 g/mol. The van der Waals surface area contributed by atoms with Crippen molar-refractivity contribution in [3.63, 3.8) is 0 Å². The van der Waals surface area contributed by atoms with Crippen LogP contribution in [0.1, 0.15) is 72.1 Å². The van der Waals surface area contributed by atoms with E-state index >= 15 is 0 Å². The van der Waals surface area contributed by atoms with E-state index in [1.54, 1.807) is 0 Å². The molecule has 3 fully saturated rings. The van der Waals surface area contributed by atoms with E-state index in [1.807, 2.05) is 0 Å². The standard InChI is InChI=1S/C20H32O4/c1-4-20(8-6-5-7-9-20)24-18(21)12-23-19(22)17-11-15-10-16(17)14(3)13(15)2/h13-17H,4-12H2,1-3H3.